The zero-order valence-corrected chi connectivity index (χ0v) is 20.6. The van der Waals surface area contributed by atoms with Gasteiger partial charge in [-0.15, -0.1) is 0 Å². The minimum absolute atomic E-state index is 0.0569. The number of fused-ring (bicyclic) bond motifs is 1. The third-order valence-electron chi connectivity index (χ3n) is 8.57. The summed E-state index contributed by atoms with van der Waals surface area (Å²) in [6.07, 6.45) is 4.12. The van der Waals surface area contributed by atoms with Gasteiger partial charge in [-0.2, -0.15) is 13.2 Å². The van der Waals surface area contributed by atoms with Crippen LogP contribution in [0, 0.1) is 17.3 Å². The second-order valence-electron chi connectivity index (χ2n) is 11.0. The fourth-order valence-electron chi connectivity index (χ4n) is 6.22. The molecule has 0 bridgehead atoms. The summed E-state index contributed by atoms with van der Waals surface area (Å²) in [6, 6.07) is 3.58. The number of nitrogens with one attached hydrogen (secondary N) is 2. The number of likely N-dealkylation sites (N-methyl/N-ethyl adjacent to an activating group) is 1. The van der Waals surface area contributed by atoms with Crippen molar-refractivity contribution < 1.29 is 22.8 Å². The summed E-state index contributed by atoms with van der Waals surface area (Å²) in [5.41, 5.74) is -1.30. The molecule has 0 radical (unpaired) electrons. The van der Waals surface area contributed by atoms with Crippen molar-refractivity contribution in [3.8, 4) is 0 Å². The molecule has 9 heteroatoms. The van der Waals surface area contributed by atoms with Crippen LogP contribution in [0.25, 0.3) is 0 Å². The minimum atomic E-state index is -4.34. The van der Waals surface area contributed by atoms with Gasteiger partial charge in [0, 0.05) is 49.8 Å². The first-order valence-electron chi connectivity index (χ1n) is 12.8. The SMILES string of the molecule is CN(C)[C@H](CNC(=O)C[C@H](c1ccncc1)C1(C(F)(F)F)CC1)CC1CCC2NC(=O)CCC2C1. The molecular weight excluding hydrogens is 457 g/mol. The van der Waals surface area contributed by atoms with Crippen molar-refractivity contribution >= 4 is 11.8 Å². The lowest BCUT2D eigenvalue weighted by molar-refractivity contribution is -0.194. The van der Waals surface area contributed by atoms with Gasteiger partial charge in [0.1, 0.15) is 0 Å². The highest BCUT2D eigenvalue weighted by Gasteiger charge is 2.67. The quantitative estimate of drug-likeness (QED) is 0.544. The summed E-state index contributed by atoms with van der Waals surface area (Å²) in [4.78, 5) is 30.6. The van der Waals surface area contributed by atoms with Crippen molar-refractivity contribution in [2.75, 3.05) is 20.6 Å². The second kappa shape index (κ2) is 10.4. The van der Waals surface area contributed by atoms with Gasteiger partial charge in [0.05, 0.1) is 5.41 Å². The Labute approximate surface area is 205 Å². The molecule has 6 nitrogen and oxygen atoms in total. The van der Waals surface area contributed by atoms with E-state index in [0.29, 0.717) is 36.4 Å². The van der Waals surface area contributed by atoms with Crippen LogP contribution in [0.3, 0.4) is 0 Å². The Morgan fingerprint density at radius 1 is 1.23 bits per heavy atom. The van der Waals surface area contributed by atoms with Crippen molar-refractivity contribution in [2.24, 2.45) is 17.3 Å². The largest absolute Gasteiger partial charge is 0.395 e. The molecular formula is C26H37F3N4O2. The van der Waals surface area contributed by atoms with E-state index in [1.807, 2.05) is 14.1 Å². The number of nitrogens with zero attached hydrogens (tertiary/aromatic N) is 2. The average Bonchev–Trinajstić information content (AvgIpc) is 3.63. The van der Waals surface area contributed by atoms with Crippen LogP contribution in [-0.4, -0.2) is 60.6 Å². The van der Waals surface area contributed by atoms with Crippen LogP contribution >= 0.6 is 0 Å². The summed E-state index contributed by atoms with van der Waals surface area (Å²) in [5.74, 6) is -0.0581. The first-order valence-corrected chi connectivity index (χ1v) is 12.8. The Balaban J connectivity index is 1.34. The van der Waals surface area contributed by atoms with E-state index in [9.17, 15) is 22.8 Å². The van der Waals surface area contributed by atoms with Crippen molar-refractivity contribution in [3.63, 3.8) is 0 Å². The monoisotopic (exact) mass is 494 g/mol. The zero-order chi connectivity index (χ0) is 25.2. The molecule has 3 unspecified atom stereocenters. The molecule has 2 aliphatic carbocycles. The van der Waals surface area contributed by atoms with Gasteiger partial charge in [-0.3, -0.25) is 14.6 Å². The third-order valence-corrected chi connectivity index (χ3v) is 8.57. The molecule has 0 spiro atoms. The van der Waals surface area contributed by atoms with E-state index in [2.05, 4.69) is 20.5 Å². The maximum atomic E-state index is 13.9. The minimum Gasteiger partial charge on any atom is -0.355 e. The van der Waals surface area contributed by atoms with Crippen molar-refractivity contribution in [3.05, 3.63) is 30.1 Å². The normalized spacial score (nSPS) is 27.5. The van der Waals surface area contributed by atoms with E-state index >= 15 is 0 Å². The Kier molecular flexibility index (Phi) is 7.74. The van der Waals surface area contributed by atoms with Gasteiger partial charge < -0.3 is 15.5 Å². The topological polar surface area (TPSA) is 74.3 Å². The molecule has 2 heterocycles. The Bertz CT molecular complexity index is 888. The van der Waals surface area contributed by atoms with Crippen LogP contribution in [0.2, 0.25) is 0 Å². The Morgan fingerprint density at radius 3 is 2.57 bits per heavy atom. The fraction of sp³-hybridized carbons (Fsp3) is 0.731. The van der Waals surface area contributed by atoms with Gasteiger partial charge >= 0.3 is 6.18 Å². The van der Waals surface area contributed by atoms with Crippen LogP contribution in [0.4, 0.5) is 13.2 Å². The van der Waals surface area contributed by atoms with E-state index in [-0.39, 0.29) is 37.1 Å². The maximum Gasteiger partial charge on any atom is 0.395 e. The predicted molar refractivity (Wildman–Crippen MR) is 126 cm³/mol. The fourth-order valence-corrected chi connectivity index (χ4v) is 6.22. The average molecular weight is 495 g/mol. The van der Waals surface area contributed by atoms with Gasteiger partial charge in [0.15, 0.2) is 0 Å². The van der Waals surface area contributed by atoms with Crippen LogP contribution in [0.15, 0.2) is 24.5 Å². The van der Waals surface area contributed by atoms with E-state index in [0.717, 1.165) is 32.1 Å². The second-order valence-corrected chi connectivity index (χ2v) is 11.0. The number of hydrogen-bond donors (Lipinski definition) is 2. The molecule has 1 aromatic heterocycles. The summed E-state index contributed by atoms with van der Waals surface area (Å²) in [5, 5.41) is 6.07. The highest BCUT2D eigenvalue weighted by atomic mass is 19.4. The molecule has 3 fully saturated rings. The number of piperidine rings is 1. The number of hydrogen-bond acceptors (Lipinski definition) is 4. The van der Waals surface area contributed by atoms with Crippen molar-refractivity contribution in [2.45, 2.75) is 82.0 Å². The maximum absolute atomic E-state index is 13.9. The number of carbonyl (C=O) groups is 2. The van der Waals surface area contributed by atoms with Gasteiger partial charge in [-0.05, 0) is 88.6 Å². The first kappa shape index (κ1) is 25.9. The van der Waals surface area contributed by atoms with Crippen LogP contribution < -0.4 is 10.6 Å². The lowest BCUT2D eigenvalue weighted by Crippen LogP contribution is -2.49. The molecule has 2 amide bonds. The summed E-state index contributed by atoms with van der Waals surface area (Å²) >= 11 is 0. The number of rotatable bonds is 9. The molecule has 0 aromatic carbocycles. The molecule has 2 saturated carbocycles. The van der Waals surface area contributed by atoms with E-state index in [1.165, 1.54) is 12.4 Å². The van der Waals surface area contributed by atoms with Gasteiger partial charge in [0.25, 0.3) is 0 Å². The van der Waals surface area contributed by atoms with Crippen LogP contribution in [0.1, 0.15) is 69.3 Å². The Hall–Kier alpha value is -2.16. The molecule has 1 aliphatic heterocycles. The summed E-state index contributed by atoms with van der Waals surface area (Å²) < 4.78 is 41.8. The third kappa shape index (κ3) is 5.98. The van der Waals surface area contributed by atoms with Crippen LogP contribution in [-0.2, 0) is 9.59 Å². The number of carbonyl (C=O) groups excluding carboxylic acids is 2. The number of alkyl halides is 3. The molecule has 1 saturated heterocycles. The van der Waals surface area contributed by atoms with E-state index in [1.54, 1.807) is 12.1 Å². The molecule has 1 aromatic rings. The molecule has 3 aliphatic rings. The van der Waals surface area contributed by atoms with Gasteiger partial charge in [-0.1, -0.05) is 0 Å². The molecule has 5 atom stereocenters. The van der Waals surface area contributed by atoms with Crippen LogP contribution in [0.5, 0.6) is 0 Å². The van der Waals surface area contributed by atoms with Gasteiger partial charge in [0.2, 0.25) is 11.8 Å². The van der Waals surface area contributed by atoms with E-state index < -0.39 is 17.5 Å². The molecule has 35 heavy (non-hydrogen) atoms. The van der Waals surface area contributed by atoms with E-state index in [4.69, 9.17) is 0 Å². The number of aromatic nitrogens is 1. The first-order chi connectivity index (χ1) is 16.6. The summed E-state index contributed by atoms with van der Waals surface area (Å²) in [6.45, 7) is 0.412. The highest BCUT2D eigenvalue weighted by molar-refractivity contribution is 5.77. The molecule has 194 valence electrons. The highest BCUT2D eigenvalue weighted by Crippen LogP contribution is 2.66. The van der Waals surface area contributed by atoms with Gasteiger partial charge in [-0.25, -0.2) is 0 Å². The Morgan fingerprint density at radius 2 is 1.94 bits per heavy atom. The number of amides is 2. The predicted octanol–water partition coefficient (Wildman–Crippen LogP) is 4.03. The van der Waals surface area contributed by atoms with Crippen molar-refractivity contribution in [1.82, 2.24) is 20.5 Å². The lowest BCUT2D eigenvalue weighted by atomic mass is 9.72. The molecule has 2 N–H and O–H groups in total. The number of pyridine rings is 1. The molecule has 4 rings (SSSR count). The smallest absolute Gasteiger partial charge is 0.355 e. The summed E-state index contributed by atoms with van der Waals surface area (Å²) in [7, 11) is 3.96. The van der Waals surface area contributed by atoms with Crippen molar-refractivity contribution in [1.29, 1.82) is 0 Å². The lowest BCUT2D eigenvalue weighted by Gasteiger charge is -2.41. The standard InChI is InChI=1S/C26H37F3N4O2/c1-33(2)20(14-17-3-5-22-19(13-17)4-6-23(34)32-22)16-31-24(35)15-21(18-7-11-30-12-8-18)25(9-10-25)26(27,28)29/h7-8,11-12,17,19-22H,3-6,9-10,13-16H2,1-2H3,(H,31,35)(H,32,34)/t17?,19?,20-,21+,22?/m0/s1. The zero-order valence-electron chi connectivity index (χ0n) is 20.6. The number of halogens is 3.